The van der Waals surface area contributed by atoms with E-state index >= 15 is 0 Å². The van der Waals surface area contributed by atoms with Crippen LogP contribution in [-0.2, 0) is 11.3 Å². The van der Waals surface area contributed by atoms with Crippen molar-refractivity contribution in [2.45, 2.75) is 52.3 Å². The van der Waals surface area contributed by atoms with E-state index in [1.54, 1.807) is 12.1 Å². The fourth-order valence-electron chi connectivity index (χ4n) is 1.70. The largest absolute Gasteiger partial charge is 0.444 e. The van der Waals surface area contributed by atoms with Crippen molar-refractivity contribution >= 4 is 29.3 Å². The van der Waals surface area contributed by atoms with Crippen LogP contribution in [0.3, 0.4) is 0 Å². The van der Waals surface area contributed by atoms with Gasteiger partial charge in [0.1, 0.15) is 5.60 Å². The molecule has 2 N–H and O–H groups in total. The lowest BCUT2D eigenvalue weighted by Gasteiger charge is -2.28. The van der Waals surface area contributed by atoms with Crippen molar-refractivity contribution < 1.29 is 9.53 Å². The summed E-state index contributed by atoms with van der Waals surface area (Å²) in [5, 5.41) is 7.33. The van der Waals surface area contributed by atoms with E-state index < -0.39 is 11.7 Å². The SMILES string of the molecule is CC(C)(CNC(=O)OC(C)(C)C)NCc1c(Cl)cccc1Cl. The second-order valence-corrected chi connectivity index (χ2v) is 7.61. The van der Waals surface area contributed by atoms with E-state index in [0.717, 1.165) is 5.56 Å². The van der Waals surface area contributed by atoms with E-state index in [4.69, 9.17) is 27.9 Å². The van der Waals surface area contributed by atoms with Crippen LogP contribution in [0.1, 0.15) is 40.2 Å². The van der Waals surface area contributed by atoms with Crippen molar-refractivity contribution in [1.82, 2.24) is 10.6 Å². The maximum absolute atomic E-state index is 11.7. The molecule has 0 unspecified atom stereocenters. The van der Waals surface area contributed by atoms with E-state index in [2.05, 4.69) is 10.6 Å². The fourth-order valence-corrected chi connectivity index (χ4v) is 2.23. The first-order valence-corrected chi connectivity index (χ1v) is 7.90. The van der Waals surface area contributed by atoms with Gasteiger partial charge in [-0.05, 0) is 46.8 Å². The smallest absolute Gasteiger partial charge is 0.407 e. The fraction of sp³-hybridized carbons (Fsp3) is 0.562. The number of hydrogen-bond donors (Lipinski definition) is 2. The zero-order chi connectivity index (χ0) is 17.0. The molecule has 0 aliphatic heterocycles. The van der Waals surface area contributed by atoms with E-state index in [1.165, 1.54) is 0 Å². The van der Waals surface area contributed by atoms with Crippen LogP contribution < -0.4 is 10.6 Å². The number of carbonyl (C=O) groups excluding carboxylic acids is 1. The Bertz CT molecular complexity index is 505. The van der Waals surface area contributed by atoms with Gasteiger partial charge in [0.15, 0.2) is 0 Å². The Labute approximate surface area is 142 Å². The van der Waals surface area contributed by atoms with Crippen LogP contribution in [0.2, 0.25) is 10.0 Å². The molecule has 1 aromatic rings. The van der Waals surface area contributed by atoms with E-state index in [1.807, 2.05) is 40.7 Å². The van der Waals surface area contributed by atoms with Crippen molar-refractivity contribution in [2.24, 2.45) is 0 Å². The molecule has 1 aromatic carbocycles. The van der Waals surface area contributed by atoms with Gasteiger partial charge >= 0.3 is 6.09 Å². The Morgan fingerprint density at radius 3 is 2.18 bits per heavy atom. The molecule has 0 aliphatic rings. The van der Waals surface area contributed by atoms with Gasteiger partial charge in [0.05, 0.1) is 0 Å². The summed E-state index contributed by atoms with van der Waals surface area (Å²) in [5.74, 6) is 0. The highest BCUT2D eigenvalue weighted by Crippen LogP contribution is 2.24. The number of hydrogen-bond acceptors (Lipinski definition) is 3. The zero-order valence-electron chi connectivity index (χ0n) is 13.7. The third kappa shape index (κ3) is 6.86. The van der Waals surface area contributed by atoms with Gasteiger partial charge in [-0.1, -0.05) is 29.3 Å². The molecular weight excluding hydrogens is 323 g/mol. The second kappa shape index (κ2) is 7.53. The van der Waals surface area contributed by atoms with Crippen LogP contribution in [0.25, 0.3) is 0 Å². The summed E-state index contributed by atoms with van der Waals surface area (Å²) in [4.78, 5) is 11.7. The molecule has 0 heterocycles. The second-order valence-electron chi connectivity index (χ2n) is 6.79. The molecule has 6 heteroatoms. The minimum atomic E-state index is -0.507. The molecule has 0 atom stereocenters. The summed E-state index contributed by atoms with van der Waals surface area (Å²) in [5.41, 5.74) is 0.00256. The van der Waals surface area contributed by atoms with Crippen LogP contribution in [0.5, 0.6) is 0 Å². The third-order valence-corrected chi connectivity index (χ3v) is 3.59. The molecule has 0 radical (unpaired) electrons. The Morgan fingerprint density at radius 1 is 1.14 bits per heavy atom. The molecule has 0 saturated carbocycles. The number of carbonyl (C=O) groups is 1. The minimum Gasteiger partial charge on any atom is -0.444 e. The van der Waals surface area contributed by atoms with Crippen LogP contribution >= 0.6 is 23.2 Å². The average molecular weight is 347 g/mol. The van der Waals surface area contributed by atoms with Crippen molar-refractivity contribution in [2.75, 3.05) is 6.54 Å². The number of ether oxygens (including phenoxy) is 1. The summed E-state index contributed by atoms with van der Waals surface area (Å²) < 4.78 is 5.21. The molecule has 0 saturated heterocycles. The number of alkyl carbamates (subject to hydrolysis) is 1. The molecule has 0 aliphatic carbocycles. The molecule has 0 fully saturated rings. The minimum absolute atomic E-state index is 0.334. The molecule has 0 aromatic heterocycles. The van der Waals surface area contributed by atoms with Gasteiger partial charge in [-0.15, -0.1) is 0 Å². The molecular formula is C16H24Cl2N2O2. The standard InChI is InChI=1S/C16H24Cl2N2O2/c1-15(2,3)22-14(21)19-10-16(4,5)20-9-11-12(17)7-6-8-13(11)18/h6-8,20H,9-10H2,1-5H3,(H,19,21). The Hall–Kier alpha value is -0.970. The lowest BCUT2D eigenvalue weighted by atomic mass is 10.1. The summed E-state index contributed by atoms with van der Waals surface area (Å²) in [6, 6.07) is 5.41. The van der Waals surface area contributed by atoms with Gasteiger partial charge in [0.2, 0.25) is 0 Å². The quantitative estimate of drug-likeness (QED) is 0.831. The molecule has 1 amide bonds. The Balaban J connectivity index is 2.52. The number of halogens is 2. The van der Waals surface area contributed by atoms with E-state index in [-0.39, 0.29) is 5.54 Å². The summed E-state index contributed by atoms with van der Waals surface area (Å²) in [7, 11) is 0. The molecule has 0 bridgehead atoms. The van der Waals surface area contributed by atoms with Crippen molar-refractivity contribution in [1.29, 1.82) is 0 Å². The zero-order valence-corrected chi connectivity index (χ0v) is 15.2. The van der Waals surface area contributed by atoms with Gasteiger partial charge in [-0.25, -0.2) is 4.79 Å². The maximum atomic E-state index is 11.7. The van der Waals surface area contributed by atoms with Crippen molar-refractivity contribution in [3.05, 3.63) is 33.8 Å². The number of rotatable bonds is 5. The van der Waals surface area contributed by atoms with Crippen LogP contribution in [-0.4, -0.2) is 23.8 Å². The monoisotopic (exact) mass is 346 g/mol. The third-order valence-electron chi connectivity index (χ3n) is 2.88. The Morgan fingerprint density at radius 2 is 1.68 bits per heavy atom. The van der Waals surface area contributed by atoms with Crippen molar-refractivity contribution in [3.63, 3.8) is 0 Å². The van der Waals surface area contributed by atoms with Crippen molar-refractivity contribution in [3.8, 4) is 0 Å². The molecule has 4 nitrogen and oxygen atoms in total. The highest BCUT2D eigenvalue weighted by Gasteiger charge is 2.21. The average Bonchev–Trinajstić information content (AvgIpc) is 2.34. The van der Waals surface area contributed by atoms with Crippen LogP contribution in [0.15, 0.2) is 18.2 Å². The van der Waals surface area contributed by atoms with E-state index in [0.29, 0.717) is 23.1 Å². The lowest BCUT2D eigenvalue weighted by Crippen LogP contribution is -2.49. The predicted molar refractivity (Wildman–Crippen MR) is 91.6 cm³/mol. The molecule has 22 heavy (non-hydrogen) atoms. The lowest BCUT2D eigenvalue weighted by molar-refractivity contribution is 0.0513. The highest BCUT2D eigenvalue weighted by molar-refractivity contribution is 6.35. The van der Waals surface area contributed by atoms with Gasteiger partial charge in [0.25, 0.3) is 0 Å². The normalized spacial score (nSPS) is 12.1. The maximum Gasteiger partial charge on any atom is 0.407 e. The number of amides is 1. The summed E-state index contributed by atoms with van der Waals surface area (Å²) >= 11 is 12.3. The first kappa shape index (κ1) is 19.1. The van der Waals surface area contributed by atoms with Gasteiger partial charge in [-0.3, -0.25) is 0 Å². The predicted octanol–water partition coefficient (Wildman–Crippen LogP) is 4.39. The van der Waals surface area contributed by atoms with Crippen LogP contribution in [0, 0.1) is 0 Å². The van der Waals surface area contributed by atoms with E-state index in [9.17, 15) is 4.79 Å². The number of benzene rings is 1. The molecule has 1 rings (SSSR count). The molecule has 0 spiro atoms. The summed E-state index contributed by atoms with van der Waals surface area (Å²) in [6.07, 6.45) is -0.432. The molecule has 124 valence electrons. The highest BCUT2D eigenvalue weighted by atomic mass is 35.5. The first-order valence-electron chi connectivity index (χ1n) is 7.15. The summed E-state index contributed by atoms with van der Waals surface area (Å²) in [6.45, 7) is 10.4. The van der Waals surface area contributed by atoms with Gasteiger partial charge in [-0.2, -0.15) is 0 Å². The first-order chi connectivity index (χ1) is 10.0. The Kier molecular flexibility index (Phi) is 6.53. The van der Waals surface area contributed by atoms with Gasteiger partial charge < -0.3 is 15.4 Å². The van der Waals surface area contributed by atoms with Gasteiger partial charge in [0, 0.05) is 34.2 Å². The topological polar surface area (TPSA) is 50.4 Å². The number of nitrogens with one attached hydrogen (secondary N) is 2. The van der Waals surface area contributed by atoms with Crippen LogP contribution in [0.4, 0.5) is 4.79 Å².